The summed E-state index contributed by atoms with van der Waals surface area (Å²) in [5, 5.41) is 3.35. The van der Waals surface area contributed by atoms with Crippen molar-refractivity contribution in [2.75, 3.05) is 26.2 Å². The standard InChI is InChI=1S/C17H26FN3.HI/c1-3-19-17(21-12-9-14(2)10-13-21)20-11-8-15-6-4-5-7-16(15)18;/h4-7,14H,3,8-13H2,1-2H3,(H,19,20);1H. The maximum absolute atomic E-state index is 13.6. The average Bonchev–Trinajstić information content (AvgIpc) is 2.49. The first-order chi connectivity index (χ1) is 10.2. The second-order valence-electron chi connectivity index (χ2n) is 5.75. The van der Waals surface area contributed by atoms with Gasteiger partial charge in [-0.1, -0.05) is 25.1 Å². The van der Waals surface area contributed by atoms with Crippen molar-refractivity contribution >= 4 is 29.9 Å². The van der Waals surface area contributed by atoms with Crippen LogP contribution in [0.3, 0.4) is 0 Å². The highest BCUT2D eigenvalue weighted by atomic mass is 127. The van der Waals surface area contributed by atoms with Crippen LogP contribution in [0.15, 0.2) is 29.3 Å². The molecule has 0 amide bonds. The molecule has 2 rings (SSSR count). The van der Waals surface area contributed by atoms with Crippen LogP contribution < -0.4 is 5.32 Å². The Labute approximate surface area is 150 Å². The van der Waals surface area contributed by atoms with Crippen molar-refractivity contribution in [3.05, 3.63) is 35.6 Å². The minimum absolute atomic E-state index is 0. The summed E-state index contributed by atoms with van der Waals surface area (Å²) in [5.41, 5.74) is 0.740. The first-order valence-corrected chi connectivity index (χ1v) is 7.97. The predicted octanol–water partition coefficient (Wildman–Crippen LogP) is 3.68. The molecule has 0 aromatic heterocycles. The van der Waals surface area contributed by atoms with Crippen LogP contribution in [0.4, 0.5) is 4.39 Å². The third-order valence-electron chi connectivity index (χ3n) is 4.02. The van der Waals surface area contributed by atoms with Crippen LogP contribution in [0.1, 0.15) is 32.3 Å². The molecule has 5 heteroatoms. The molecule has 22 heavy (non-hydrogen) atoms. The predicted molar refractivity (Wildman–Crippen MR) is 101 cm³/mol. The third kappa shape index (κ3) is 5.74. The van der Waals surface area contributed by atoms with Gasteiger partial charge in [0.15, 0.2) is 5.96 Å². The van der Waals surface area contributed by atoms with E-state index in [4.69, 9.17) is 0 Å². The first-order valence-electron chi connectivity index (χ1n) is 7.97. The fourth-order valence-corrected chi connectivity index (χ4v) is 2.63. The molecule has 1 aliphatic heterocycles. The summed E-state index contributed by atoms with van der Waals surface area (Å²) in [6, 6.07) is 6.94. The lowest BCUT2D eigenvalue weighted by Gasteiger charge is -2.33. The Kier molecular flexibility index (Phi) is 8.75. The monoisotopic (exact) mass is 419 g/mol. The van der Waals surface area contributed by atoms with Gasteiger partial charge in [0, 0.05) is 26.2 Å². The van der Waals surface area contributed by atoms with E-state index in [0.717, 1.165) is 37.1 Å². The van der Waals surface area contributed by atoms with Crippen LogP contribution in [-0.4, -0.2) is 37.0 Å². The van der Waals surface area contributed by atoms with Crippen LogP contribution in [0.5, 0.6) is 0 Å². The average molecular weight is 419 g/mol. The van der Waals surface area contributed by atoms with Gasteiger partial charge in [0.25, 0.3) is 0 Å². The van der Waals surface area contributed by atoms with Gasteiger partial charge in [-0.05, 0) is 43.7 Å². The van der Waals surface area contributed by atoms with E-state index in [1.807, 2.05) is 12.1 Å². The summed E-state index contributed by atoms with van der Waals surface area (Å²) >= 11 is 0. The van der Waals surface area contributed by atoms with E-state index in [1.54, 1.807) is 6.07 Å². The molecular weight excluding hydrogens is 392 g/mol. The molecule has 124 valence electrons. The molecule has 1 saturated heterocycles. The highest BCUT2D eigenvalue weighted by Crippen LogP contribution is 2.16. The normalized spacial score (nSPS) is 16.3. The summed E-state index contributed by atoms with van der Waals surface area (Å²) in [6.07, 6.45) is 3.08. The van der Waals surface area contributed by atoms with Crippen LogP contribution in [0.2, 0.25) is 0 Å². The fourth-order valence-electron chi connectivity index (χ4n) is 2.63. The first kappa shape index (κ1) is 19.2. The van der Waals surface area contributed by atoms with Gasteiger partial charge >= 0.3 is 0 Å². The van der Waals surface area contributed by atoms with Gasteiger partial charge < -0.3 is 10.2 Å². The van der Waals surface area contributed by atoms with E-state index in [1.165, 1.54) is 18.9 Å². The number of likely N-dealkylation sites (tertiary alicyclic amines) is 1. The number of rotatable bonds is 4. The molecule has 0 spiro atoms. The summed E-state index contributed by atoms with van der Waals surface area (Å²) in [5.74, 6) is 1.65. The summed E-state index contributed by atoms with van der Waals surface area (Å²) in [4.78, 5) is 6.99. The van der Waals surface area contributed by atoms with E-state index >= 15 is 0 Å². The molecule has 1 heterocycles. The van der Waals surface area contributed by atoms with Crippen molar-refractivity contribution in [1.29, 1.82) is 0 Å². The topological polar surface area (TPSA) is 27.6 Å². The Bertz CT molecular complexity index is 471. The molecule has 1 fully saturated rings. The molecule has 1 aliphatic rings. The number of benzene rings is 1. The van der Waals surface area contributed by atoms with E-state index in [9.17, 15) is 4.39 Å². The fraction of sp³-hybridized carbons (Fsp3) is 0.588. The zero-order valence-corrected chi connectivity index (χ0v) is 15.8. The lowest BCUT2D eigenvalue weighted by Crippen LogP contribution is -2.45. The Morgan fingerprint density at radius 1 is 1.32 bits per heavy atom. The zero-order chi connectivity index (χ0) is 15.1. The molecule has 0 radical (unpaired) electrons. The Hall–Kier alpha value is -0.850. The molecule has 1 aromatic rings. The molecule has 3 nitrogen and oxygen atoms in total. The number of hydrogen-bond acceptors (Lipinski definition) is 1. The summed E-state index contributed by atoms with van der Waals surface area (Å²) in [7, 11) is 0. The molecular formula is C17H27FIN3. The highest BCUT2D eigenvalue weighted by molar-refractivity contribution is 14.0. The zero-order valence-electron chi connectivity index (χ0n) is 13.5. The Morgan fingerprint density at radius 2 is 2.00 bits per heavy atom. The molecule has 0 unspecified atom stereocenters. The third-order valence-corrected chi connectivity index (χ3v) is 4.02. The Morgan fingerprint density at radius 3 is 2.64 bits per heavy atom. The maximum atomic E-state index is 13.6. The minimum Gasteiger partial charge on any atom is -0.357 e. The van der Waals surface area contributed by atoms with Crippen LogP contribution in [0, 0.1) is 11.7 Å². The molecule has 1 aromatic carbocycles. The summed E-state index contributed by atoms with van der Waals surface area (Å²) in [6.45, 7) is 8.00. The van der Waals surface area contributed by atoms with Gasteiger partial charge in [-0.3, -0.25) is 4.99 Å². The molecule has 0 aliphatic carbocycles. The van der Waals surface area contributed by atoms with Crippen LogP contribution in [-0.2, 0) is 6.42 Å². The lowest BCUT2D eigenvalue weighted by molar-refractivity contribution is 0.273. The SMILES string of the molecule is CCNC(=NCCc1ccccc1F)N1CCC(C)CC1.I. The van der Waals surface area contributed by atoms with Gasteiger partial charge in [-0.15, -0.1) is 24.0 Å². The van der Waals surface area contributed by atoms with Gasteiger partial charge in [-0.25, -0.2) is 4.39 Å². The summed E-state index contributed by atoms with van der Waals surface area (Å²) < 4.78 is 13.6. The second kappa shape index (κ2) is 10.0. The van der Waals surface area contributed by atoms with Crippen molar-refractivity contribution < 1.29 is 4.39 Å². The molecule has 0 saturated carbocycles. The molecule has 0 atom stereocenters. The smallest absolute Gasteiger partial charge is 0.193 e. The van der Waals surface area contributed by atoms with Gasteiger partial charge in [0.2, 0.25) is 0 Å². The van der Waals surface area contributed by atoms with Crippen LogP contribution in [0.25, 0.3) is 0 Å². The number of nitrogens with one attached hydrogen (secondary N) is 1. The molecule has 0 bridgehead atoms. The second-order valence-corrected chi connectivity index (χ2v) is 5.75. The number of halogens is 2. The van der Waals surface area contributed by atoms with Crippen LogP contribution >= 0.6 is 24.0 Å². The van der Waals surface area contributed by atoms with Crippen molar-refractivity contribution in [3.63, 3.8) is 0 Å². The van der Waals surface area contributed by atoms with E-state index in [0.29, 0.717) is 13.0 Å². The lowest BCUT2D eigenvalue weighted by atomic mass is 10.00. The van der Waals surface area contributed by atoms with Crippen molar-refractivity contribution in [2.45, 2.75) is 33.1 Å². The number of nitrogens with zero attached hydrogens (tertiary/aromatic N) is 2. The number of hydrogen-bond donors (Lipinski definition) is 1. The number of guanidine groups is 1. The van der Waals surface area contributed by atoms with Crippen molar-refractivity contribution in [3.8, 4) is 0 Å². The van der Waals surface area contributed by atoms with E-state index < -0.39 is 0 Å². The maximum Gasteiger partial charge on any atom is 0.193 e. The Balaban J connectivity index is 0.00000242. The van der Waals surface area contributed by atoms with Gasteiger partial charge in [-0.2, -0.15) is 0 Å². The molecule has 1 N–H and O–H groups in total. The number of piperidine rings is 1. The number of aliphatic imine (C=N–C) groups is 1. The minimum atomic E-state index is -0.135. The van der Waals surface area contributed by atoms with Gasteiger partial charge in [0.1, 0.15) is 5.82 Å². The highest BCUT2D eigenvalue weighted by Gasteiger charge is 2.18. The van der Waals surface area contributed by atoms with Crippen molar-refractivity contribution in [1.82, 2.24) is 10.2 Å². The van der Waals surface area contributed by atoms with E-state index in [-0.39, 0.29) is 29.8 Å². The van der Waals surface area contributed by atoms with Gasteiger partial charge in [0.05, 0.1) is 0 Å². The van der Waals surface area contributed by atoms with E-state index in [2.05, 4.69) is 29.1 Å². The van der Waals surface area contributed by atoms with Crippen molar-refractivity contribution in [2.24, 2.45) is 10.9 Å². The quantitative estimate of drug-likeness (QED) is 0.458. The largest absolute Gasteiger partial charge is 0.357 e.